The number of amides is 1. The fourth-order valence-electron chi connectivity index (χ4n) is 2.81. The molecular formula is C16H22F2N2O. The van der Waals surface area contributed by atoms with E-state index in [-0.39, 0.29) is 5.91 Å². The van der Waals surface area contributed by atoms with E-state index >= 15 is 0 Å². The smallest absolute Gasteiger partial charge is 0.230 e. The van der Waals surface area contributed by atoms with Crippen molar-refractivity contribution in [1.82, 2.24) is 10.2 Å². The van der Waals surface area contributed by atoms with Gasteiger partial charge in [-0.15, -0.1) is 0 Å². The Kier molecular flexibility index (Phi) is 4.93. The van der Waals surface area contributed by atoms with E-state index in [1.807, 2.05) is 13.8 Å². The lowest BCUT2D eigenvalue weighted by Crippen LogP contribution is -2.50. The van der Waals surface area contributed by atoms with Crippen LogP contribution < -0.4 is 5.32 Å². The number of halogens is 2. The molecule has 1 N–H and O–H groups in total. The van der Waals surface area contributed by atoms with Gasteiger partial charge >= 0.3 is 0 Å². The van der Waals surface area contributed by atoms with Gasteiger partial charge in [-0.05, 0) is 50.9 Å². The molecule has 0 aromatic heterocycles. The molecule has 1 aromatic rings. The first-order valence-corrected chi connectivity index (χ1v) is 7.40. The number of carbonyl (C=O) groups is 1. The molecule has 1 heterocycles. The molecule has 1 unspecified atom stereocenters. The van der Waals surface area contributed by atoms with Crippen molar-refractivity contribution in [1.29, 1.82) is 0 Å². The topological polar surface area (TPSA) is 32.3 Å². The summed E-state index contributed by atoms with van der Waals surface area (Å²) in [7, 11) is 0. The molecule has 1 amide bonds. The summed E-state index contributed by atoms with van der Waals surface area (Å²) in [5, 5.41) is 3.26. The predicted octanol–water partition coefficient (Wildman–Crippen LogP) is 2.70. The van der Waals surface area contributed by atoms with Crippen LogP contribution in [0.3, 0.4) is 0 Å². The van der Waals surface area contributed by atoms with Crippen molar-refractivity contribution in [3.05, 3.63) is 35.4 Å². The fourth-order valence-corrected chi connectivity index (χ4v) is 2.81. The minimum absolute atomic E-state index is 0.0712. The number of carbonyl (C=O) groups excluding carboxylic acids is 1. The molecule has 116 valence electrons. The van der Waals surface area contributed by atoms with Gasteiger partial charge in [0.05, 0.1) is 5.41 Å². The second-order valence-electron chi connectivity index (χ2n) is 5.91. The lowest BCUT2D eigenvalue weighted by atomic mass is 9.81. The minimum Gasteiger partial charge on any atom is -0.338 e. The third kappa shape index (κ3) is 3.59. The lowest BCUT2D eigenvalue weighted by Gasteiger charge is -2.37. The van der Waals surface area contributed by atoms with Gasteiger partial charge in [0.2, 0.25) is 5.91 Å². The van der Waals surface area contributed by atoms with E-state index in [0.29, 0.717) is 25.2 Å². The van der Waals surface area contributed by atoms with Crippen molar-refractivity contribution in [2.24, 2.45) is 5.41 Å². The van der Waals surface area contributed by atoms with Crippen LogP contribution in [0.4, 0.5) is 8.78 Å². The van der Waals surface area contributed by atoms with Crippen molar-refractivity contribution < 1.29 is 13.6 Å². The standard InChI is InChI=1S/C16H22F2N2O/c1-3-20(10-12-5-6-13(17)14(18)9-12)15(21)16(2)7-4-8-19-11-16/h5-6,9,19H,3-4,7-8,10-11H2,1-2H3. The maximum Gasteiger partial charge on any atom is 0.230 e. The molecule has 1 saturated heterocycles. The Morgan fingerprint density at radius 1 is 1.38 bits per heavy atom. The Balaban J connectivity index is 2.11. The predicted molar refractivity (Wildman–Crippen MR) is 77.7 cm³/mol. The van der Waals surface area contributed by atoms with Crippen molar-refractivity contribution in [3.8, 4) is 0 Å². The second kappa shape index (κ2) is 6.52. The third-order valence-electron chi connectivity index (χ3n) is 4.14. The maximum atomic E-state index is 13.3. The van der Waals surface area contributed by atoms with Gasteiger partial charge in [-0.25, -0.2) is 8.78 Å². The summed E-state index contributed by atoms with van der Waals surface area (Å²) in [6.07, 6.45) is 1.83. The highest BCUT2D eigenvalue weighted by atomic mass is 19.2. The van der Waals surface area contributed by atoms with E-state index in [4.69, 9.17) is 0 Å². The van der Waals surface area contributed by atoms with E-state index in [2.05, 4.69) is 5.32 Å². The van der Waals surface area contributed by atoms with Gasteiger partial charge in [0.1, 0.15) is 0 Å². The molecule has 1 aromatic carbocycles. The minimum atomic E-state index is -0.874. The second-order valence-corrected chi connectivity index (χ2v) is 5.91. The SMILES string of the molecule is CCN(Cc1ccc(F)c(F)c1)C(=O)C1(C)CCCNC1. The first-order chi connectivity index (χ1) is 9.96. The van der Waals surface area contributed by atoms with Gasteiger partial charge in [-0.3, -0.25) is 4.79 Å². The monoisotopic (exact) mass is 296 g/mol. The average molecular weight is 296 g/mol. The van der Waals surface area contributed by atoms with Crippen molar-refractivity contribution in [2.75, 3.05) is 19.6 Å². The molecule has 1 aliphatic heterocycles. The van der Waals surface area contributed by atoms with E-state index in [0.717, 1.165) is 31.5 Å². The molecule has 0 spiro atoms. The Bertz CT molecular complexity index is 513. The summed E-state index contributed by atoms with van der Waals surface area (Å²) in [5.74, 6) is -1.67. The van der Waals surface area contributed by atoms with Crippen LogP contribution >= 0.6 is 0 Å². The largest absolute Gasteiger partial charge is 0.338 e. The number of nitrogens with one attached hydrogen (secondary N) is 1. The summed E-state index contributed by atoms with van der Waals surface area (Å²) in [4.78, 5) is 14.4. The normalized spacial score (nSPS) is 22.1. The first kappa shape index (κ1) is 15.9. The molecule has 0 radical (unpaired) electrons. The molecule has 0 bridgehead atoms. The van der Waals surface area contributed by atoms with Crippen LogP contribution in [-0.2, 0) is 11.3 Å². The van der Waals surface area contributed by atoms with Gasteiger partial charge in [-0.1, -0.05) is 6.07 Å². The molecule has 1 fully saturated rings. The Morgan fingerprint density at radius 2 is 2.14 bits per heavy atom. The van der Waals surface area contributed by atoms with Gasteiger partial charge in [-0.2, -0.15) is 0 Å². The lowest BCUT2D eigenvalue weighted by molar-refractivity contribution is -0.142. The average Bonchev–Trinajstić information content (AvgIpc) is 2.48. The van der Waals surface area contributed by atoms with Crippen molar-refractivity contribution in [3.63, 3.8) is 0 Å². The molecule has 5 heteroatoms. The van der Waals surface area contributed by atoms with Crippen LogP contribution in [0.5, 0.6) is 0 Å². The number of benzene rings is 1. The molecular weight excluding hydrogens is 274 g/mol. The van der Waals surface area contributed by atoms with Gasteiger partial charge in [0, 0.05) is 19.6 Å². The van der Waals surface area contributed by atoms with Crippen molar-refractivity contribution >= 4 is 5.91 Å². The summed E-state index contributed by atoms with van der Waals surface area (Å²) < 4.78 is 26.2. The first-order valence-electron chi connectivity index (χ1n) is 7.40. The zero-order valence-corrected chi connectivity index (χ0v) is 12.6. The van der Waals surface area contributed by atoms with Crippen molar-refractivity contribution in [2.45, 2.75) is 33.2 Å². The van der Waals surface area contributed by atoms with E-state index in [9.17, 15) is 13.6 Å². The number of rotatable bonds is 4. The molecule has 21 heavy (non-hydrogen) atoms. The maximum absolute atomic E-state index is 13.3. The highest BCUT2D eigenvalue weighted by Gasteiger charge is 2.37. The molecule has 1 atom stereocenters. The molecule has 0 saturated carbocycles. The van der Waals surface area contributed by atoms with E-state index in [1.54, 1.807) is 4.90 Å². The summed E-state index contributed by atoms with van der Waals surface area (Å²) >= 11 is 0. The summed E-state index contributed by atoms with van der Waals surface area (Å²) in [6.45, 7) is 6.33. The molecule has 2 rings (SSSR count). The zero-order valence-electron chi connectivity index (χ0n) is 12.6. The van der Waals surface area contributed by atoms with E-state index in [1.165, 1.54) is 6.07 Å². The van der Waals surface area contributed by atoms with Gasteiger partial charge in [0.15, 0.2) is 11.6 Å². The molecule has 1 aliphatic rings. The quantitative estimate of drug-likeness (QED) is 0.926. The number of nitrogens with zero attached hydrogens (tertiary/aromatic N) is 1. The highest BCUT2D eigenvalue weighted by Crippen LogP contribution is 2.28. The Hall–Kier alpha value is -1.49. The highest BCUT2D eigenvalue weighted by molar-refractivity contribution is 5.82. The van der Waals surface area contributed by atoms with Crippen LogP contribution in [-0.4, -0.2) is 30.4 Å². The number of hydrogen-bond acceptors (Lipinski definition) is 2. The van der Waals surface area contributed by atoms with Gasteiger partial charge in [0.25, 0.3) is 0 Å². The number of hydrogen-bond donors (Lipinski definition) is 1. The number of piperidine rings is 1. The van der Waals surface area contributed by atoms with Crippen LogP contribution in [0.15, 0.2) is 18.2 Å². The van der Waals surface area contributed by atoms with Crippen LogP contribution in [0.1, 0.15) is 32.3 Å². The Labute approximate surface area is 124 Å². The molecule has 3 nitrogen and oxygen atoms in total. The van der Waals surface area contributed by atoms with E-state index < -0.39 is 17.0 Å². The zero-order chi connectivity index (χ0) is 15.5. The molecule has 0 aliphatic carbocycles. The summed E-state index contributed by atoms with van der Waals surface area (Å²) in [6, 6.07) is 3.79. The fraction of sp³-hybridized carbons (Fsp3) is 0.562. The third-order valence-corrected chi connectivity index (χ3v) is 4.14. The summed E-state index contributed by atoms with van der Waals surface area (Å²) in [5.41, 5.74) is 0.198. The van der Waals surface area contributed by atoms with Crippen LogP contribution in [0, 0.1) is 17.0 Å². The van der Waals surface area contributed by atoms with Crippen LogP contribution in [0.25, 0.3) is 0 Å². The van der Waals surface area contributed by atoms with Gasteiger partial charge < -0.3 is 10.2 Å². The van der Waals surface area contributed by atoms with Crippen LogP contribution in [0.2, 0.25) is 0 Å². The Morgan fingerprint density at radius 3 is 2.71 bits per heavy atom.